The molecule has 3 nitrogen and oxygen atoms in total. The number of aliphatic carboxylic acids is 1. The van der Waals surface area contributed by atoms with E-state index in [1.807, 2.05) is 0 Å². The van der Waals surface area contributed by atoms with Gasteiger partial charge in [0.15, 0.2) is 5.78 Å². The predicted molar refractivity (Wildman–Crippen MR) is 34.6 cm³/mol. The molecule has 1 N–H and O–H groups in total. The van der Waals surface area contributed by atoms with Gasteiger partial charge in [-0.2, -0.15) is 0 Å². The van der Waals surface area contributed by atoms with Crippen LogP contribution in [0.4, 0.5) is 4.39 Å². The summed E-state index contributed by atoms with van der Waals surface area (Å²) >= 11 is 0. The number of carbonyl (C=O) groups is 2. The van der Waals surface area contributed by atoms with Crippen LogP contribution in [-0.4, -0.2) is 23.5 Å². The van der Waals surface area contributed by atoms with Gasteiger partial charge in [0.05, 0.1) is 0 Å². The van der Waals surface area contributed by atoms with Gasteiger partial charge in [0, 0.05) is 6.42 Å². The fraction of sp³-hybridized carbons (Fsp3) is 0.667. The molecule has 4 heteroatoms. The molecule has 0 amide bonds. The molecule has 0 fully saturated rings. The highest BCUT2D eigenvalue weighted by molar-refractivity contribution is 5.76. The molecular weight excluding hydrogens is 139 g/mol. The number of carboxylic acids is 1. The first-order chi connectivity index (χ1) is 4.54. The van der Waals surface area contributed by atoms with Gasteiger partial charge < -0.3 is 5.11 Å². The SMILES string of the molecule is CC(=O)CF.CCC(=O)O. The number of rotatable bonds is 2. The number of ketones is 1. The lowest BCUT2D eigenvalue weighted by atomic mass is 10.5. The van der Waals surface area contributed by atoms with Crippen LogP contribution in [-0.2, 0) is 9.59 Å². The number of Topliss-reactive ketones (excluding diaryl/α,β-unsaturated/α-hetero) is 1. The second-order valence-electron chi connectivity index (χ2n) is 1.58. The first kappa shape index (κ1) is 11.8. The van der Waals surface area contributed by atoms with Gasteiger partial charge in [-0.3, -0.25) is 9.59 Å². The van der Waals surface area contributed by atoms with Crippen molar-refractivity contribution in [2.24, 2.45) is 0 Å². The number of carboxylic acid groups (broad SMARTS) is 1. The molecule has 0 atom stereocenters. The van der Waals surface area contributed by atoms with Crippen molar-refractivity contribution in [3.05, 3.63) is 0 Å². The van der Waals surface area contributed by atoms with Gasteiger partial charge in [-0.1, -0.05) is 6.92 Å². The molecule has 0 aliphatic carbocycles. The largest absolute Gasteiger partial charge is 0.481 e. The minimum Gasteiger partial charge on any atom is -0.481 e. The van der Waals surface area contributed by atoms with Crippen molar-refractivity contribution in [2.45, 2.75) is 20.3 Å². The fourth-order valence-corrected chi connectivity index (χ4v) is 0. The molecule has 10 heavy (non-hydrogen) atoms. The number of hydrogen-bond acceptors (Lipinski definition) is 2. The Balaban J connectivity index is 0. The molecule has 0 saturated carbocycles. The van der Waals surface area contributed by atoms with Crippen LogP contribution in [0.25, 0.3) is 0 Å². The first-order valence-corrected chi connectivity index (χ1v) is 2.81. The molecule has 0 bridgehead atoms. The highest BCUT2D eigenvalue weighted by atomic mass is 19.1. The molecule has 0 rings (SSSR count). The molecule has 0 unspecified atom stereocenters. The summed E-state index contributed by atoms with van der Waals surface area (Å²) in [5, 5.41) is 7.72. The number of halogens is 1. The maximum Gasteiger partial charge on any atom is 0.303 e. The Morgan fingerprint density at radius 3 is 1.70 bits per heavy atom. The van der Waals surface area contributed by atoms with Crippen molar-refractivity contribution in [3.63, 3.8) is 0 Å². The van der Waals surface area contributed by atoms with E-state index in [1.54, 1.807) is 6.92 Å². The summed E-state index contributed by atoms with van der Waals surface area (Å²) in [6, 6.07) is 0. The highest BCUT2D eigenvalue weighted by Crippen LogP contribution is 1.67. The Kier molecular flexibility index (Phi) is 9.54. The highest BCUT2D eigenvalue weighted by Gasteiger charge is 1.81. The first-order valence-electron chi connectivity index (χ1n) is 2.81. The lowest BCUT2D eigenvalue weighted by Gasteiger charge is -1.71. The fourth-order valence-electron chi connectivity index (χ4n) is 0. The van der Waals surface area contributed by atoms with Gasteiger partial charge in [0.25, 0.3) is 0 Å². The summed E-state index contributed by atoms with van der Waals surface area (Å²) in [6.45, 7) is 1.97. The van der Waals surface area contributed by atoms with Crippen LogP contribution in [0.3, 0.4) is 0 Å². The second-order valence-corrected chi connectivity index (χ2v) is 1.58. The third-order valence-electron chi connectivity index (χ3n) is 0.491. The average Bonchev–Trinajstić information content (AvgIpc) is 1.89. The van der Waals surface area contributed by atoms with Crippen LogP contribution in [0.2, 0.25) is 0 Å². The van der Waals surface area contributed by atoms with E-state index in [9.17, 15) is 14.0 Å². The third kappa shape index (κ3) is 27.6. The molecule has 0 saturated heterocycles. The average molecular weight is 150 g/mol. The topological polar surface area (TPSA) is 54.4 Å². The lowest BCUT2D eigenvalue weighted by Crippen LogP contribution is -1.87. The number of hydrogen-bond donors (Lipinski definition) is 1. The van der Waals surface area contributed by atoms with Crippen LogP contribution in [0.5, 0.6) is 0 Å². The summed E-state index contributed by atoms with van der Waals surface area (Å²) < 4.78 is 10.8. The standard InChI is InChI=1S/C3H5FO.C3H6O2/c1-3(5)2-4;1-2-3(4)5/h2H2,1H3;2H2,1H3,(H,4,5). The Bertz CT molecular complexity index is 97.6. The van der Waals surface area contributed by atoms with Crippen molar-refractivity contribution in [3.8, 4) is 0 Å². The van der Waals surface area contributed by atoms with Crippen molar-refractivity contribution in [1.82, 2.24) is 0 Å². The van der Waals surface area contributed by atoms with E-state index >= 15 is 0 Å². The van der Waals surface area contributed by atoms with Crippen LogP contribution >= 0.6 is 0 Å². The minimum atomic E-state index is -0.833. The molecule has 60 valence electrons. The molecule has 0 aromatic carbocycles. The van der Waals surface area contributed by atoms with Gasteiger partial charge in [0.2, 0.25) is 0 Å². The van der Waals surface area contributed by atoms with Gasteiger partial charge >= 0.3 is 5.97 Å². The predicted octanol–water partition coefficient (Wildman–Crippen LogP) is 1.03. The van der Waals surface area contributed by atoms with Crippen LogP contribution in [0, 0.1) is 0 Å². The lowest BCUT2D eigenvalue weighted by molar-refractivity contribution is -0.136. The van der Waals surface area contributed by atoms with Crippen molar-refractivity contribution in [2.75, 3.05) is 6.67 Å². The molecule has 0 aromatic heterocycles. The summed E-state index contributed by atoms with van der Waals surface area (Å²) in [5.74, 6) is -1.16. The van der Waals surface area contributed by atoms with E-state index in [2.05, 4.69) is 0 Å². The van der Waals surface area contributed by atoms with Crippen LogP contribution < -0.4 is 0 Å². The Morgan fingerprint density at radius 2 is 1.70 bits per heavy atom. The maximum atomic E-state index is 10.8. The smallest absolute Gasteiger partial charge is 0.303 e. The molecular formula is C6H11FO3. The quantitative estimate of drug-likeness (QED) is 0.639. The van der Waals surface area contributed by atoms with Gasteiger partial charge in [-0.15, -0.1) is 0 Å². The molecule has 0 spiro atoms. The van der Waals surface area contributed by atoms with E-state index in [-0.39, 0.29) is 6.42 Å². The van der Waals surface area contributed by atoms with Crippen molar-refractivity contribution in [1.29, 1.82) is 0 Å². The normalized spacial score (nSPS) is 7.50. The zero-order valence-electron chi connectivity index (χ0n) is 6.06. The maximum absolute atomic E-state index is 10.8. The summed E-state index contributed by atoms with van der Waals surface area (Å²) in [7, 11) is 0. The molecule has 0 aliphatic rings. The minimum absolute atomic E-state index is 0.222. The molecule has 0 aromatic rings. The Hall–Kier alpha value is -0.930. The third-order valence-corrected chi connectivity index (χ3v) is 0.491. The zero-order valence-corrected chi connectivity index (χ0v) is 6.06. The van der Waals surface area contributed by atoms with E-state index in [1.165, 1.54) is 6.92 Å². The summed E-state index contributed by atoms with van der Waals surface area (Å²) in [5.41, 5.74) is 0. The van der Waals surface area contributed by atoms with Crippen molar-refractivity contribution >= 4 is 11.8 Å². The molecule has 0 aliphatic heterocycles. The van der Waals surface area contributed by atoms with Crippen LogP contribution in [0.1, 0.15) is 20.3 Å². The molecule has 0 radical (unpaired) electrons. The van der Waals surface area contributed by atoms with Crippen LogP contribution in [0.15, 0.2) is 0 Å². The van der Waals surface area contributed by atoms with Gasteiger partial charge in [0.1, 0.15) is 6.67 Å². The monoisotopic (exact) mass is 150 g/mol. The number of carbonyl (C=O) groups excluding carboxylic acids is 1. The molecule has 0 heterocycles. The van der Waals surface area contributed by atoms with Gasteiger partial charge in [-0.25, -0.2) is 4.39 Å². The summed E-state index contributed by atoms with van der Waals surface area (Å²) in [4.78, 5) is 18.8. The second kappa shape index (κ2) is 8.07. The number of alkyl halides is 1. The van der Waals surface area contributed by atoms with E-state index in [0.29, 0.717) is 0 Å². The van der Waals surface area contributed by atoms with Crippen molar-refractivity contribution < 1.29 is 19.1 Å². The van der Waals surface area contributed by atoms with E-state index in [0.717, 1.165) is 0 Å². The van der Waals surface area contributed by atoms with E-state index in [4.69, 9.17) is 5.11 Å². The zero-order chi connectivity index (χ0) is 8.57. The summed E-state index contributed by atoms with van der Waals surface area (Å²) in [6.07, 6.45) is 0.222. The van der Waals surface area contributed by atoms with E-state index < -0.39 is 18.4 Å². The Morgan fingerprint density at radius 1 is 1.50 bits per heavy atom. The Labute approximate surface area is 58.9 Å². The van der Waals surface area contributed by atoms with Gasteiger partial charge in [-0.05, 0) is 6.92 Å².